The molecule has 0 aliphatic carbocycles. The van der Waals surface area contributed by atoms with Crippen molar-refractivity contribution in [2.24, 2.45) is 0 Å². The van der Waals surface area contributed by atoms with Crippen LogP contribution in [0.1, 0.15) is 0 Å². The molecule has 1 heterocycles. The van der Waals surface area contributed by atoms with E-state index in [1.807, 2.05) is 29.2 Å². The SMILES string of the molecule is O=C(CN1CCOCC1CO)Nc1cccc(Br)c1. The van der Waals surface area contributed by atoms with Crippen molar-refractivity contribution in [3.05, 3.63) is 28.7 Å². The standard InChI is InChI=1S/C13H17BrN2O3/c14-10-2-1-3-11(6-10)15-13(18)7-16-4-5-19-9-12(16)8-17/h1-3,6,12,17H,4-5,7-9H2,(H,15,18). The van der Waals surface area contributed by atoms with E-state index in [4.69, 9.17) is 4.74 Å². The number of aliphatic hydroxyl groups excluding tert-OH is 1. The number of ether oxygens (including phenoxy) is 1. The van der Waals surface area contributed by atoms with E-state index in [1.54, 1.807) is 0 Å². The van der Waals surface area contributed by atoms with Crippen LogP contribution >= 0.6 is 15.9 Å². The van der Waals surface area contributed by atoms with Crippen LogP contribution in [-0.2, 0) is 9.53 Å². The minimum atomic E-state index is -0.0954. The van der Waals surface area contributed by atoms with Gasteiger partial charge in [0, 0.05) is 16.7 Å². The second kappa shape index (κ2) is 7.00. The quantitative estimate of drug-likeness (QED) is 0.868. The maximum Gasteiger partial charge on any atom is 0.238 e. The van der Waals surface area contributed by atoms with Gasteiger partial charge in [0.2, 0.25) is 5.91 Å². The number of amides is 1. The predicted octanol–water partition coefficient (Wildman–Crippen LogP) is 1.08. The van der Waals surface area contributed by atoms with Crippen molar-refractivity contribution < 1.29 is 14.6 Å². The number of nitrogens with one attached hydrogen (secondary N) is 1. The van der Waals surface area contributed by atoms with Crippen LogP contribution in [0.4, 0.5) is 5.69 Å². The highest BCUT2D eigenvalue weighted by Crippen LogP contribution is 2.15. The number of carbonyl (C=O) groups is 1. The third-order valence-corrected chi connectivity index (χ3v) is 3.51. The van der Waals surface area contributed by atoms with Crippen LogP contribution in [0.2, 0.25) is 0 Å². The van der Waals surface area contributed by atoms with Gasteiger partial charge in [-0.3, -0.25) is 9.69 Å². The summed E-state index contributed by atoms with van der Waals surface area (Å²) in [6, 6.07) is 7.36. The largest absolute Gasteiger partial charge is 0.395 e. The average Bonchev–Trinajstić information content (AvgIpc) is 2.39. The monoisotopic (exact) mass is 328 g/mol. The lowest BCUT2D eigenvalue weighted by Gasteiger charge is -2.33. The van der Waals surface area contributed by atoms with Gasteiger partial charge in [0.05, 0.1) is 32.4 Å². The maximum atomic E-state index is 12.0. The molecule has 0 radical (unpaired) electrons. The van der Waals surface area contributed by atoms with Crippen molar-refractivity contribution in [2.75, 3.05) is 38.2 Å². The Balaban J connectivity index is 1.90. The fourth-order valence-corrected chi connectivity index (χ4v) is 2.42. The first-order chi connectivity index (χ1) is 9.19. The summed E-state index contributed by atoms with van der Waals surface area (Å²) in [5.41, 5.74) is 0.758. The Morgan fingerprint density at radius 3 is 3.16 bits per heavy atom. The molecule has 19 heavy (non-hydrogen) atoms. The summed E-state index contributed by atoms with van der Waals surface area (Å²) in [5.74, 6) is -0.0848. The van der Waals surface area contributed by atoms with Gasteiger partial charge in [-0.1, -0.05) is 22.0 Å². The summed E-state index contributed by atoms with van der Waals surface area (Å²) in [7, 11) is 0. The first-order valence-electron chi connectivity index (χ1n) is 6.17. The van der Waals surface area contributed by atoms with Crippen LogP contribution in [0.3, 0.4) is 0 Å². The lowest BCUT2D eigenvalue weighted by molar-refractivity contribution is -0.120. The topological polar surface area (TPSA) is 61.8 Å². The Bertz CT molecular complexity index is 442. The zero-order chi connectivity index (χ0) is 13.7. The molecule has 2 N–H and O–H groups in total. The van der Waals surface area contributed by atoms with E-state index in [-0.39, 0.29) is 25.1 Å². The van der Waals surface area contributed by atoms with Crippen LogP contribution in [0.25, 0.3) is 0 Å². The summed E-state index contributed by atoms with van der Waals surface area (Å²) < 4.78 is 6.20. The molecule has 2 rings (SSSR count). The van der Waals surface area contributed by atoms with Crippen LogP contribution in [-0.4, -0.2) is 54.9 Å². The summed E-state index contributed by atoms with van der Waals surface area (Å²) >= 11 is 3.36. The third-order valence-electron chi connectivity index (χ3n) is 3.02. The Morgan fingerprint density at radius 2 is 2.42 bits per heavy atom. The zero-order valence-corrected chi connectivity index (χ0v) is 12.1. The first kappa shape index (κ1) is 14.5. The molecule has 1 atom stereocenters. The summed E-state index contributed by atoms with van der Waals surface area (Å²) in [6.45, 7) is 2.00. The lowest BCUT2D eigenvalue weighted by atomic mass is 10.2. The number of anilines is 1. The van der Waals surface area contributed by atoms with Gasteiger partial charge in [-0.15, -0.1) is 0 Å². The normalized spacial score (nSPS) is 20.2. The van der Waals surface area contributed by atoms with Crippen molar-refractivity contribution in [2.45, 2.75) is 6.04 Å². The molecule has 1 saturated heterocycles. The number of aliphatic hydroxyl groups is 1. The molecular weight excluding hydrogens is 312 g/mol. The van der Waals surface area contributed by atoms with E-state index in [2.05, 4.69) is 21.2 Å². The number of hydrogen-bond donors (Lipinski definition) is 2. The average molecular weight is 329 g/mol. The summed E-state index contributed by atoms with van der Waals surface area (Å²) in [6.07, 6.45) is 0. The molecule has 1 amide bonds. The molecule has 1 aromatic rings. The number of hydrogen-bond acceptors (Lipinski definition) is 4. The molecule has 1 unspecified atom stereocenters. The Hall–Kier alpha value is -0.950. The van der Waals surface area contributed by atoms with Gasteiger partial charge in [0.15, 0.2) is 0 Å². The van der Waals surface area contributed by atoms with Gasteiger partial charge in [-0.2, -0.15) is 0 Å². The predicted molar refractivity (Wildman–Crippen MR) is 76.0 cm³/mol. The Labute approximate surface area is 120 Å². The second-order valence-corrected chi connectivity index (χ2v) is 5.36. The fraction of sp³-hybridized carbons (Fsp3) is 0.462. The van der Waals surface area contributed by atoms with E-state index in [1.165, 1.54) is 0 Å². The first-order valence-corrected chi connectivity index (χ1v) is 6.96. The number of carbonyl (C=O) groups excluding carboxylic acids is 1. The minimum absolute atomic E-state index is 0.00413. The van der Waals surface area contributed by atoms with E-state index >= 15 is 0 Å². The van der Waals surface area contributed by atoms with Crippen molar-refractivity contribution in [1.82, 2.24) is 4.90 Å². The van der Waals surface area contributed by atoms with Gasteiger partial charge in [-0.05, 0) is 18.2 Å². The van der Waals surface area contributed by atoms with Crippen LogP contribution in [0.15, 0.2) is 28.7 Å². The molecule has 6 heteroatoms. The maximum absolute atomic E-state index is 12.0. The zero-order valence-electron chi connectivity index (χ0n) is 10.5. The highest BCUT2D eigenvalue weighted by molar-refractivity contribution is 9.10. The van der Waals surface area contributed by atoms with Crippen LogP contribution in [0, 0.1) is 0 Å². The molecule has 5 nitrogen and oxygen atoms in total. The fourth-order valence-electron chi connectivity index (χ4n) is 2.02. The van der Waals surface area contributed by atoms with Gasteiger partial charge in [-0.25, -0.2) is 0 Å². The molecule has 0 bridgehead atoms. The van der Waals surface area contributed by atoms with Gasteiger partial charge in [0.25, 0.3) is 0 Å². The van der Waals surface area contributed by atoms with Crippen molar-refractivity contribution in [3.63, 3.8) is 0 Å². The molecular formula is C13H17BrN2O3. The molecule has 1 fully saturated rings. The number of rotatable bonds is 4. The Morgan fingerprint density at radius 1 is 1.58 bits per heavy atom. The van der Waals surface area contributed by atoms with E-state index in [9.17, 15) is 9.90 Å². The number of nitrogens with zero attached hydrogens (tertiary/aromatic N) is 1. The lowest BCUT2D eigenvalue weighted by Crippen LogP contribution is -2.50. The van der Waals surface area contributed by atoms with Crippen LogP contribution in [0.5, 0.6) is 0 Å². The highest BCUT2D eigenvalue weighted by Gasteiger charge is 2.24. The summed E-state index contributed by atoms with van der Waals surface area (Å²) in [4.78, 5) is 13.9. The third kappa shape index (κ3) is 4.28. The van der Waals surface area contributed by atoms with Gasteiger partial charge < -0.3 is 15.2 Å². The van der Waals surface area contributed by atoms with Crippen molar-refractivity contribution >= 4 is 27.5 Å². The number of halogens is 1. The van der Waals surface area contributed by atoms with Gasteiger partial charge in [0.1, 0.15) is 0 Å². The molecule has 104 valence electrons. The van der Waals surface area contributed by atoms with Crippen LogP contribution < -0.4 is 5.32 Å². The van der Waals surface area contributed by atoms with Gasteiger partial charge >= 0.3 is 0 Å². The molecule has 0 aromatic heterocycles. The van der Waals surface area contributed by atoms with Crippen molar-refractivity contribution in [1.29, 1.82) is 0 Å². The molecule has 1 aromatic carbocycles. The van der Waals surface area contributed by atoms with E-state index < -0.39 is 0 Å². The summed E-state index contributed by atoms with van der Waals surface area (Å²) in [5, 5.41) is 12.1. The molecule has 0 saturated carbocycles. The smallest absolute Gasteiger partial charge is 0.238 e. The van der Waals surface area contributed by atoms with E-state index in [0.29, 0.717) is 19.8 Å². The molecule has 0 spiro atoms. The Kier molecular flexibility index (Phi) is 5.33. The minimum Gasteiger partial charge on any atom is -0.395 e. The number of morpholine rings is 1. The second-order valence-electron chi connectivity index (χ2n) is 4.44. The van der Waals surface area contributed by atoms with E-state index in [0.717, 1.165) is 10.2 Å². The molecule has 1 aliphatic heterocycles. The molecule has 1 aliphatic rings. The number of benzene rings is 1. The highest BCUT2D eigenvalue weighted by atomic mass is 79.9. The van der Waals surface area contributed by atoms with Crippen molar-refractivity contribution in [3.8, 4) is 0 Å².